The summed E-state index contributed by atoms with van der Waals surface area (Å²) in [4.78, 5) is 24.6. The topological polar surface area (TPSA) is 55.8 Å². The molecule has 1 heterocycles. The lowest BCUT2D eigenvalue weighted by Crippen LogP contribution is -2.23. The van der Waals surface area contributed by atoms with Crippen LogP contribution in [0.25, 0.3) is 0 Å². The number of hydrogen-bond donors (Lipinski definition) is 0. The number of rotatable bonds is 6. The quantitative estimate of drug-likeness (QED) is 0.588. The second-order valence-electron chi connectivity index (χ2n) is 4.40. The van der Waals surface area contributed by atoms with Gasteiger partial charge in [-0.15, -0.1) is 0 Å². The third-order valence-electron chi connectivity index (χ3n) is 2.94. The minimum Gasteiger partial charge on any atom is -0.482 e. The summed E-state index contributed by atoms with van der Waals surface area (Å²) in [5, 5.41) is 0. The molecule has 0 spiro atoms. The third-order valence-corrected chi connectivity index (χ3v) is 2.94. The standard InChI is InChI=1S/C15H17NO4/c1-2-10-19-15(18)11-20-13-7-5-12(6-8-13)16-9-3-4-14(16)17/h2,5-8H,1,3-4,9-11H2. The predicted molar refractivity (Wildman–Crippen MR) is 74.7 cm³/mol. The zero-order valence-electron chi connectivity index (χ0n) is 11.2. The molecule has 0 atom stereocenters. The average molecular weight is 275 g/mol. The van der Waals surface area contributed by atoms with Crippen molar-refractivity contribution in [2.45, 2.75) is 12.8 Å². The number of anilines is 1. The van der Waals surface area contributed by atoms with Crippen molar-refractivity contribution in [1.82, 2.24) is 0 Å². The molecule has 1 fully saturated rings. The van der Waals surface area contributed by atoms with Crippen LogP contribution >= 0.6 is 0 Å². The van der Waals surface area contributed by atoms with Crippen LogP contribution in [0.4, 0.5) is 5.69 Å². The van der Waals surface area contributed by atoms with Gasteiger partial charge in [0.05, 0.1) is 0 Å². The molecule has 0 N–H and O–H groups in total. The molecule has 0 saturated carbocycles. The van der Waals surface area contributed by atoms with Gasteiger partial charge in [-0.2, -0.15) is 0 Å². The van der Waals surface area contributed by atoms with E-state index in [1.165, 1.54) is 6.08 Å². The van der Waals surface area contributed by atoms with E-state index in [0.29, 0.717) is 12.2 Å². The van der Waals surface area contributed by atoms with Crippen LogP contribution in [0.15, 0.2) is 36.9 Å². The minimum absolute atomic E-state index is 0.143. The van der Waals surface area contributed by atoms with Crippen molar-refractivity contribution in [2.75, 3.05) is 24.7 Å². The number of esters is 1. The Morgan fingerprint density at radius 3 is 2.70 bits per heavy atom. The number of carbonyl (C=O) groups excluding carboxylic acids is 2. The molecule has 1 aromatic rings. The molecule has 20 heavy (non-hydrogen) atoms. The number of hydrogen-bond acceptors (Lipinski definition) is 4. The van der Waals surface area contributed by atoms with Gasteiger partial charge >= 0.3 is 5.97 Å². The first-order chi connectivity index (χ1) is 9.70. The number of nitrogens with zero attached hydrogens (tertiary/aromatic N) is 1. The largest absolute Gasteiger partial charge is 0.482 e. The van der Waals surface area contributed by atoms with E-state index in [-0.39, 0.29) is 19.1 Å². The molecule has 1 amide bonds. The summed E-state index contributed by atoms with van der Waals surface area (Å²) in [6.07, 6.45) is 3.00. The molecule has 1 saturated heterocycles. The van der Waals surface area contributed by atoms with Crippen molar-refractivity contribution in [1.29, 1.82) is 0 Å². The Balaban J connectivity index is 1.87. The molecule has 5 nitrogen and oxygen atoms in total. The molecule has 1 aliphatic rings. The van der Waals surface area contributed by atoms with E-state index >= 15 is 0 Å². The van der Waals surface area contributed by atoms with Gasteiger partial charge < -0.3 is 14.4 Å². The highest BCUT2D eigenvalue weighted by molar-refractivity contribution is 5.95. The van der Waals surface area contributed by atoms with E-state index in [9.17, 15) is 9.59 Å². The van der Waals surface area contributed by atoms with E-state index in [1.807, 2.05) is 12.1 Å². The molecular formula is C15H17NO4. The molecular weight excluding hydrogens is 258 g/mol. The van der Waals surface area contributed by atoms with E-state index in [0.717, 1.165) is 18.7 Å². The molecule has 1 aliphatic heterocycles. The van der Waals surface area contributed by atoms with Crippen LogP contribution in [0.3, 0.4) is 0 Å². The van der Waals surface area contributed by atoms with Crippen molar-refractivity contribution >= 4 is 17.6 Å². The summed E-state index contributed by atoms with van der Waals surface area (Å²) < 4.78 is 10.1. The number of ether oxygens (including phenoxy) is 2. The summed E-state index contributed by atoms with van der Waals surface area (Å²) in [7, 11) is 0. The third kappa shape index (κ3) is 3.60. The Hall–Kier alpha value is -2.30. The van der Waals surface area contributed by atoms with Crippen LogP contribution in [0.1, 0.15) is 12.8 Å². The Morgan fingerprint density at radius 2 is 2.10 bits per heavy atom. The SMILES string of the molecule is C=CCOC(=O)COc1ccc(N2CCCC2=O)cc1. The lowest BCUT2D eigenvalue weighted by atomic mass is 10.3. The normalized spacial score (nSPS) is 14.2. The van der Waals surface area contributed by atoms with Gasteiger partial charge in [0.15, 0.2) is 6.61 Å². The molecule has 0 aromatic heterocycles. The smallest absolute Gasteiger partial charge is 0.344 e. The fourth-order valence-corrected chi connectivity index (χ4v) is 1.98. The Bertz CT molecular complexity index is 495. The first-order valence-corrected chi connectivity index (χ1v) is 6.50. The summed E-state index contributed by atoms with van der Waals surface area (Å²) in [5.74, 6) is 0.270. The first-order valence-electron chi connectivity index (χ1n) is 6.50. The summed E-state index contributed by atoms with van der Waals surface area (Å²) in [6.45, 7) is 4.25. The average Bonchev–Trinajstić information content (AvgIpc) is 2.89. The lowest BCUT2D eigenvalue weighted by Gasteiger charge is -2.15. The maximum atomic E-state index is 11.6. The van der Waals surface area contributed by atoms with Gasteiger partial charge in [-0.05, 0) is 30.7 Å². The molecule has 1 aromatic carbocycles. The highest BCUT2D eigenvalue weighted by atomic mass is 16.6. The highest BCUT2D eigenvalue weighted by Gasteiger charge is 2.21. The van der Waals surface area contributed by atoms with Crippen LogP contribution in [0.2, 0.25) is 0 Å². The van der Waals surface area contributed by atoms with Crippen LogP contribution in [-0.4, -0.2) is 31.6 Å². The zero-order valence-corrected chi connectivity index (χ0v) is 11.2. The summed E-state index contributed by atoms with van der Waals surface area (Å²) in [6, 6.07) is 7.10. The maximum Gasteiger partial charge on any atom is 0.344 e. The Labute approximate surface area is 117 Å². The predicted octanol–water partition coefficient (Wildman–Crippen LogP) is 1.92. The van der Waals surface area contributed by atoms with Gasteiger partial charge in [0.2, 0.25) is 5.91 Å². The van der Waals surface area contributed by atoms with E-state index in [1.54, 1.807) is 17.0 Å². The Morgan fingerprint density at radius 1 is 1.35 bits per heavy atom. The van der Waals surface area contributed by atoms with Crippen molar-refractivity contribution in [2.24, 2.45) is 0 Å². The lowest BCUT2D eigenvalue weighted by molar-refractivity contribution is -0.144. The molecule has 0 radical (unpaired) electrons. The van der Waals surface area contributed by atoms with Crippen molar-refractivity contribution in [3.63, 3.8) is 0 Å². The van der Waals surface area contributed by atoms with E-state index in [4.69, 9.17) is 9.47 Å². The van der Waals surface area contributed by atoms with E-state index in [2.05, 4.69) is 6.58 Å². The maximum absolute atomic E-state index is 11.6. The first kappa shape index (κ1) is 14.1. The molecule has 2 rings (SSSR count). The minimum atomic E-state index is -0.441. The van der Waals surface area contributed by atoms with Crippen LogP contribution in [0.5, 0.6) is 5.75 Å². The molecule has 0 unspecified atom stereocenters. The van der Waals surface area contributed by atoms with Gasteiger partial charge in [0, 0.05) is 18.7 Å². The second-order valence-corrected chi connectivity index (χ2v) is 4.40. The fraction of sp³-hybridized carbons (Fsp3) is 0.333. The van der Waals surface area contributed by atoms with Gasteiger partial charge in [-0.25, -0.2) is 4.79 Å². The van der Waals surface area contributed by atoms with Crippen LogP contribution < -0.4 is 9.64 Å². The molecule has 106 valence electrons. The van der Waals surface area contributed by atoms with Gasteiger partial charge in [0.25, 0.3) is 0 Å². The van der Waals surface area contributed by atoms with Gasteiger partial charge in [-0.1, -0.05) is 12.7 Å². The second kappa shape index (κ2) is 6.75. The number of amides is 1. The molecule has 0 bridgehead atoms. The molecule has 5 heteroatoms. The number of carbonyl (C=O) groups is 2. The number of benzene rings is 1. The van der Waals surface area contributed by atoms with Crippen LogP contribution in [0, 0.1) is 0 Å². The van der Waals surface area contributed by atoms with Crippen molar-refractivity contribution < 1.29 is 19.1 Å². The van der Waals surface area contributed by atoms with Gasteiger partial charge in [-0.3, -0.25) is 4.79 Å². The summed E-state index contributed by atoms with van der Waals surface area (Å²) >= 11 is 0. The Kier molecular flexibility index (Phi) is 4.76. The monoisotopic (exact) mass is 275 g/mol. The van der Waals surface area contributed by atoms with Gasteiger partial charge in [0.1, 0.15) is 12.4 Å². The highest BCUT2D eigenvalue weighted by Crippen LogP contribution is 2.23. The summed E-state index contributed by atoms with van der Waals surface area (Å²) in [5.41, 5.74) is 0.856. The van der Waals surface area contributed by atoms with Crippen molar-refractivity contribution in [3.8, 4) is 5.75 Å². The zero-order chi connectivity index (χ0) is 14.4. The molecule has 0 aliphatic carbocycles. The van der Waals surface area contributed by atoms with Crippen molar-refractivity contribution in [3.05, 3.63) is 36.9 Å². The van der Waals surface area contributed by atoms with Crippen LogP contribution in [-0.2, 0) is 14.3 Å². The fourth-order valence-electron chi connectivity index (χ4n) is 1.98. The van der Waals surface area contributed by atoms with E-state index < -0.39 is 5.97 Å².